The highest BCUT2D eigenvalue weighted by Gasteiger charge is 2.04. The normalized spacial score (nSPS) is 10.3. The lowest BCUT2D eigenvalue weighted by Gasteiger charge is -2.09. The van der Waals surface area contributed by atoms with Crippen molar-refractivity contribution in [3.63, 3.8) is 0 Å². The van der Waals surface area contributed by atoms with E-state index >= 15 is 0 Å². The largest absolute Gasteiger partial charge is 0.490 e. The number of benzene rings is 2. The van der Waals surface area contributed by atoms with Gasteiger partial charge in [0.2, 0.25) is 5.96 Å². The van der Waals surface area contributed by atoms with E-state index in [1.807, 2.05) is 18.2 Å². The Morgan fingerprint density at radius 3 is 2.38 bits per heavy atom. The second-order valence-corrected chi connectivity index (χ2v) is 5.05. The van der Waals surface area contributed by atoms with Gasteiger partial charge in [0.25, 0.3) is 0 Å². The number of methoxy groups -OCH3 is 1. The molecule has 0 aliphatic heterocycles. The summed E-state index contributed by atoms with van der Waals surface area (Å²) in [6.45, 7) is 0.705. The number of carbonyl (C=O) groups is 1. The van der Waals surface area contributed by atoms with Gasteiger partial charge in [-0.2, -0.15) is 5.10 Å². The molecule has 136 valence electrons. The zero-order valence-electron chi connectivity index (χ0n) is 14.3. The van der Waals surface area contributed by atoms with Gasteiger partial charge in [-0.25, -0.2) is 4.79 Å². The molecule has 2 rings (SSSR count). The summed E-state index contributed by atoms with van der Waals surface area (Å²) in [6, 6.07) is 14.0. The van der Waals surface area contributed by atoms with Crippen molar-refractivity contribution in [1.82, 2.24) is 0 Å². The predicted octanol–water partition coefficient (Wildman–Crippen LogP) is 1.54. The van der Waals surface area contributed by atoms with Gasteiger partial charge >= 0.3 is 5.97 Å². The third-order valence-corrected chi connectivity index (χ3v) is 3.13. The topological polar surface area (TPSA) is 122 Å². The number of guanidine groups is 1. The van der Waals surface area contributed by atoms with Crippen LogP contribution in [-0.2, 0) is 4.74 Å². The van der Waals surface area contributed by atoms with Crippen LogP contribution < -0.4 is 20.9 Å². The molecule has 8 heteroatoms. The van der Waals surface area contributed by atoms with Gasteiger partial charge in [0.15, 0.2) is 0 Å². The molecule has 0 bridgehead atoms. The number of rotatable bonds is 8. The minimum atomic E-state index is -0.386. The molecule has 0 spiro atoms. The van der Waals surface area contributed by atoms with Crippen LogP contribution in [0.25, 0.3) is 0 Å². The predicted molar refractivity (Wildman–Crippen MR) is 98.6 cm³/mol. The Kier molecular flexibility index (Phi) is 6.99. The molecule has 0 fully saturated rings. The molecule has 0 heterocycles. The van der Waals surface area contributed by atoms with E-state index in [0.29, 0.717) is 30.3 Å². The first-order chi connectivity index (χ1) is 12.6. The van der Waals surface area contributed by atoms with Crippen molar-refractivity contribution in [3.8, 4) is 11.5 Å². The summed E-state index contributed by atoms with van der Waals surface area (Å²) in [4.78, 5) is 11.4. The Balaban J connectivity index is 1.80. The standard InChI is InChI=1S/C18H20N4O4/c1-24-17(23)14-5-7-15(8-6-14)25-9-10-26-16-4-2-3-13(11-16)12-21-22-18(19)20/h2-8,11-12H,9-10H2,1H3,(H4,19,20,22). The molecule has 0 saturated carbocycles. The van der Waals surface area contributed by atoms with Crippen molar-refractivity contribution in [2.24, 2.45) is 21.7 Å². The third-order valence-electron chi connectivity index (χ3n) is 3.13. The van der Waals surface area contributed by atoms with Crippen molar-refractivity contribution in [3.05, 3.63) is 59.7 Å². The molecule has 0 amide bonds. The number of ether oxygens (including phenoxy) is 3. The lowest BCUT2D eigenvalue weighted by atomic mass is 10.2. The second kappa shape index (κ2) is 9.67. The van der Waals surface area contributed by atoms with Gasteiger partial charge in [-0.15, -0.1) is 5.10 Å². The maximum absolute atomic E-state index is 11.4. The van der Waals surface area contributed by atoms with Crippen LogP contribution in [0, 0.1) is 0 Å². The number of nitrogens with zero attached hydrogens (tertiary/aromatic N) is 2. The molecule has 2 aromatic rings. The van der Waals surface area contributed by atoms with E-state index in [0.717, 1.165) is 5.56 Å². The van der Waals surface area contributed by atoms with Crippen LogP contribution in [0.5, 0.6) is 11.5 Å². The quantitative estimate of drug-likeness (QED) is 0.243. The van der Waals surface area contributed by atoms with Crippen LogP contribution in [0.15, 0.2) is 58.7 Å². The zero-order chi connectivity index (χ0) is 18.8. The van der Waals surface area contributed by atoms with Crippen molar-refractivity contribution in [2.75, 3.05) is 20.3 Å². The van der Waals surface area contributed by atoms with Gasteiger partial charge in [-0.3, -0.25) is 0 Å². The number of hydrogen-bond donors (Lipinski definition) is 2. The molecular formula is C18H20N4O4. The van der Waals surface area contributed by atoms with Gasteiger partial charge in [0.05, 0.1) is 18.9 Å². The Morgan fingerprint density at radius 2 is 1.73 bits per heavy atom. The Labute approximate surface area is 151 Å². The molecule has 0 aromatic heterocycles. The summed E-state index contributed by atoms with van der Waals surface area (Å²) in [5.74, 6) is 0.816. The van der Waals surface area contributed by atoms with Gasteiger partial charge in [0, 0.05) is 0 Å². The summed E-state index contributed by atoms with van der Waals surface area (Å²) in [6.07, 6.45) is 1.52. The van der Waals surface area contributed by atoms with Crippen molar-refractivity contribution < 1.29 is 19.0 Å². The van der Waals surface area contributed by atoms with Crippen molar-refractivity contribution in [2.45, 2.75) is 0 Å². The van der Waals surface area contributed by atoms with Crippen LogP contribution in [0.2, 0.25) is 0 Å². The van der Waals surface area contributed by atoms with E-state index in [1.165, 1.54) is 13.3 Å². The first-order valence-electron chi connectivity index (χ1n) is 7.74. The molecule has 0 radical (unpaired) electrons. The van der Waals surface area contributed by atoms with Gasteiger partial charge in [-0.05, 0) is 42.0 Å². The smallest absolute Gasteiger partial charge is 0.337 e. The summed E-state index contributed by atoms with van der Waals surface area (Å²) in [5, 5.41) is 7.28. The van der Waals surface area contributed by atoms with E-state index < -0.39 is 0 Å². The second-order valence-electron chi connectivity index (χ2n) is 5.05. The minimum absolute atomic E-state index is 0.106. The van der Waals surface area contributed by atoms with Crippen LogP contribution >= 0.6 is 0 Å². The maximum atomic E-state index is 11.4. The molecule has 8 nitrogen and oxygen atoms in total. The van der Waals surface area contributed by atoms with Crippen LogP contribution in [0.3, 0.4) is 0 Å². The Morgan fingerprint density at radius 1 is 1.04 bits per heavy atom. The summed E-state index contributed by atoms with van der Waals surface area (Å²) in [5.41, 5.74) is 11.7. The maximum Gasteiger partial charge on any atom is 0.337 e. The highest BCUT2D eigenvalue weighted by Crippen LogP contribution is 2.14. The molecule has 4 N–H and O–H groups in total. The van der Waals surface area contributed by atoms with Gasteiger partial charge < -0.3 is 25.7 Å². The lowest BCUT2D eigenvalue weighted by Crippen LogP contribution is -2.21. The van der Waals surface area contributed by atoms with Gasteiger partial charge in [0.1, 0.15) is 24.7 Å². The fraction of sp³-hybridized carbons (Fsp3) is 0.167. The average molecular weight is 356 g/mol. The zero-order valence-corrected chi connectivity index (χ0v) is 14.3. The molecule has 0 aliphatic rings. The van der Waals surface area contributed by atoms with E-state index in [-0.39, 0.29) is 11.9 Å². The first kappa shape index (κ1) is 18.8. The Hall–Kier alpha value is -3.55. The number of esters is 1. The van der Waals surface area contributed by atoms with Crippen LogP contribution in [0.1, 0.15) is 15.9 Å². The lowest BCUT2D eigenvalue weighted by molar-refractivity contribution is 0.0600. The highest BCUT2D eigenvalue weighted by atomic mass is 16.5. The van der Waals surface area contributed by atoms with E-state index in [2.05, 4.69) is 14.9 Å². The molecule has 0 atom stereocenters. The molecule has 0 unspecified atom stereocenters. The number of nitrogens with two attached hydrogens (primary N) is 2. The van der Waals surface area contributed by atoms with E-state index in [9.17, 15) is 4.79 Å². The summed E-state index contributed by atoms with van der Waals surface area (Å²) in [7, 11) is 1.34. The highest BCUT2D eigenvalue weighted by molar-refractivity contribution is 5.89. The van der Waals surface area contributed by atoms with E-state index in [4.69, 9.17) is 20.9 Å². The van der Waals surface area contributed by atoms with Crippen LogP contribution in [0.4, 0.5) is 0 Å². The van der Waals surface area contributed by atoms with Crippen molar-refractivity contribution >= 4 is 18.1 Å². The summed E-state index contributed by atoms with van der Waals surface area (Å²) < 4.78 is 15.8. The average Bonchev–Trinajstić information content (AvgIpc) is 2.65. The monoisotopic (exact) mass is 356 g/mol. The molecule has 26 heavy (non-hydrogen) atoms. The van der Waals surface area contributed by atoms with E-state index in [1.54, 1.807) is 30.3 Å². The molecule has 0 saturated heterocycles. The SMILES string of the molecule is COC(=O)c1ccc(OCCOc2cccc(C=NN=C(N)N)c2)cc1. The van der Waals surface area contributed by atoms with Gasteiger partial charge in [-0.1, -0.05) is 12.1 Å². The fourth-order valence-corrected chi connectivity index (χ4v) is 1.97. The molecule has 2 aromatic carbocycles. The third kappa shape index (κ3) is 6.16. The van der Waals surface area contributed by atoms with Crippen molar-refractivity contribution in [1.29, 1.82) is 0 Å². The molecule has 0 aliphatic carbocycles. The first-order valence-corrected chi connectivity index (χ1v) is 7.74. The number of hydrogen-bond acceptors (Lipinski definition) is 6. The number of carbonyl (C=O) groups excluding carboxylic acids is 1. The Bertz CT molecular complexity index is 784. The fourth-order valence-electron chi connectivity index (χ4n) is 1.97. The summed E-state index contributed by atoms with van der Waals surface area (Å²) >= 11 is 0. The minimum Gasteiger partial charge on any atom is -0.490 e. The van der Waals surface area contributed by atoms with Crippen LogP contribution in [-0.4, -0.2) is 38.5 Å². The molecular weight excluding hydrogens is 336 g/mol.